The van der Waals surface area contributed by atoms with Gasteiger partial charge in [-0.3, -0.25) is 0 Å². The number of carbonyl (C=O) groups is 2. The first-order chi connectivity index (χ1) is 10.5. The van der Waals surface area contributed by atoms with E-state index < -0.39 is 18.1 Å². The summed E-state index contributed by atoms with van der Waals surface area (Å²) in [7, 11) is 0. The first-order valence-electron chi connectivity index (χ1n) is 6.59. The maximum Gasteiger partial charge on any atom is 0.349 e. The number of nitrogens with one attached hydrogen (secondary N) is 1. The molecule has 0 saturated carbocycles. The number of carboxylic acids is 1. The summed E-state index contributed by atoms with van der Waals surface area (Å²) < 4.78 is 5.53. The minimum atomic E-state index is -1.14. The summed E-state index contributed by atoms with van der Waals surface area (Å²) in [5, 5.41) is 11.8. The number of anilines is 1. The predicted octanol–water partition coefficient (Wildman–Crippen LogP) is 2.69. The fourth-order valence-electron chi connectivity index (χ4n) is 2.02. The van der Waals surface area contributed by atoms with Gasteiger partial charge in [0.1, 0.15) is 5.75 Å². The topological polar surface area (TPSA) is 102 Å². The van der Waals surface area contributed by atoms with E-state index in [1.165, 1.54) is 0 Å². The number of aliphatic carboxylic acids is 1. The van der Waals surface area contributed by atoms with Crippen LogP contribution in [0.5, 0.6) is 5.75 Å². The Bertz CT molecular complexity index is 686. The minimum absolute atomic E-state index is 0.465. The average Bonchev–Trinajstić information content (AvgIpc) is 2.47. The number of carboxylic acid groups (broad SMARTS) is 1. The van der Waals surface area contributed by atoms with Crippen molar-refractivity contribution in [3.63, 3.8) is 0 Å². The molecule has 2 aromatic rings. The van der Waals surface area contributed by atoms with Crippen molar-refractivity contribution in [2.24, 2.45) is 5.73 Å². The molecule has 0 heterocycles. The molecule has 22 heavy (non-hydrogen) atoms. The van der Waals surface area contributed by atoms with Crippen molar-refractivity contribution in [3.05, 3.63) is 59.7 Å². The average molecular weight is 300 g/mol. The van der Waals surface area contributed by atoms with E-state index in [1.54, 1.807) is 49.4 Å². The zero-order chi connectivity index (χ0) is 16.1. The SMILES string of the molecule is Cc1cc(C(Oc2ccccc2)C(=O)O)ccc1NC(N)=O. The summed E-state index contributed by atoms with van der Waals surface area (Å²) in [6.45, 7) is 1.75. The number of amides is 2. The molecule has 2 rings (SSSR count). The molecule has 6 heteroatoms. The summed E-state index contributed by atoms with van der Waals surface area (Å²) >= 11 is 0. The quantitative estimate of drug-likeness (QED) is 0.790. The lowest BCUT2D eigenvalue weighted by atomic mass is 10.0. The monoisotopic (exact) mass is 300 g/mol. The Morgan fingerprint density at radius 3 is 2.41 bits per heavy atom. The van der Waals surface area contributed by atoms with E-state index in [2.05, 4.69) is 5.32 Å². The van der Waals surface area contributed by atoms with Crippen LogP contribution in [0.4, 0.5) is 10.5 Å². The highest BCUT2D eigenvalue weighted by Crippen LogP contribution is 2.25. The molecule has 1 unspecified atom stereocenters. The molecule has 0 spiro atoms. The van der Waals surface area contributed by atoms with Crippen molar-refractivity contribution < 1.29 is 19.4 Å². The minimum Gasteiger partial charge on any atom is -0.478 e. The van der Waals surface area contributed by atoms with Gasteiger partial charge >= 0.3 is 12.0 Å². The van der Waals surface area contributed by atoms with Crippen molar-refractivity contribution in [1.29, 1.82) is 0 Å². The molecular weight excluding hydrogens is 284 g/mol. The second kappa shape index (κ2) is 6.62. The molecule has 0 aliphatic rings. The summed E-state index contributed by atoms with van der Waals surface area (Å²) in [6.07, 6.45) is -1.14. The number of hydrogen-bond donors (Lipinski definition) is 3. The molecular formula is C16H16N2O4. The van der Waals surface area contributed by atoms with Gasteiger partial charge in [0.05, 0.1) is 0 Å². The van der Waals surface area contributed by atoms with Crippen LogP contribution >= 0.6 is 0 Å². The second-order valence-corrected chi connectivity index (χ2v) is 4.71. The van der Waals surface area contributed by atoms with Crippen LogP contribution in [0, 0.1) is 6.92 Å². The Kier molecular flexibility index (Phi) is 4.63. The van der Waals surface area contributed by atoms with Gasteiger partial charge in [0.25, 0.3) is 0 Å². The number of benzene rings is 2. The molecule has 2 amide bonds. The molecule has 6 nitrogen and oxygen atoms in total. The summed E-state index contributed by atoms with van der Waals surface area (Å²) in [4.78, 5) is 22.3. The van der Waals surface area contributed by atoms with E-state index in [1.807, 2.05) is 6.07 Å². The normalized spacial score (nSPS) is 11.5. The first-order valence-corrected chi connectivity index (χ1v) is 6.59. The lowest BCUT2D eigenvalue weighted by Crippen LogP contribution is -2.21. The number of urea groups is 1. The number of para-hydroxylation sites is 1. The second-order valence-electron chi connectivity index (χ2n) is 4.71. The van der Waals surface area contributed by atoms with E-state index >= 15 is 0 Å². The third kappa shape index (κ3) is 3.76. The third-order valence-electron chi connectivity index (χ3n) is 3.03. The molecule has 0 aliphatic heterocycles. The molecule has 0 radical (unpaired) electrons. The number of ether oxygens (including phenoxy) is 1. The van der Waals surface area contributed by atoms with Gasteiger partial charge in [-0.25, -0.2) is 9.59 Å². The summed E-state index contributed by atoms with van der Waals surface area (Å²) in [6, 6.07) is 12.9. The van der Waals surface area contributed by atoms with Crippen molar-refractivity contribution in [3.8, 4) is 5.75 Å². The maximum atomic E-state index is 11.5. The molecule has 1 atom stereocenters. The van der Waals surface area contributed by atoms with Crippen LogP contribution < -0.4 is 15.8 Å². The molecule has 0 fully saturated rings. The lowest BCUT2D eigenvalue weighted by Gasteiger charge is -2.17. The number of rotatable bonds is 5. The smallest absolute Gasteiger partial charge is 0.349 e. The Labute approximate surface area is 127 Å². The maximum absolute atomic E-state index is 11.5. The van der Waals surface area contributed by atoms with Gasteiger partial charge in [0.2, 0.25) is 6.10 Å². The van der Waals surface area contributed by atoms with Crippen molar-refractivity contribution in [2.75, 3.05) is 5.32 Å². The number of aryl methyl sites for hydroxylation is 1. The highest BCUT2D eigenvalue weighted by Gasteiger charge is 2.22. The van der Waals surface area contributed by atoms with Gasteiger partial charge in [0, 0.05) is 11.3 Å². The Hall–Kier alpha value is -3.02. The van der Waals surface area contributed by atoms with E-state index in [9.17, 15) is 14.7 Å². The molecule has 0 saturated heterocycles. The molecule has 114 valence electrons. The summed E-state index contributed by atoms with van der Waals surface area (Å²) in [5.74, 6) is -0.634. The number of primary amides is 1. The Morgan fingerprint density at radius 1 is 1.18 bits per heavy atom. The number of carbonyl (C=O) groups excluding carboxylic acids is 1. The fraction of sp³-hybridized carbons (Fsp3) is 0.125. The van der Waals surface area contributed by atoms with Crippen LogP contribution in [0.15, 0.2) is 48.5 Å². The Morgan fingerprint density at radius 2 is 1.86 bits per heavy atom. The van der Waals surface area contributed by atoms with Crippen LogP contribution in [0.2, 0.25) is 0 Å². The summed E-state index contributed by atoms with van der Waals surface area (Å²) in [5.41, 5.74) is 6.77. The van der Waals surface area contributed by atoms with Crippen LogP contribution in [0.25, 0.3) is 0 Å². The first kappa shape index (κ1) is 15.4. The van der Waals surface area contributed by atoms with Crippen molar-refractivity contribution in [2.45, 2.75) is 13.0 Å². The zero-order valence-electron chi connectivity index (χ0n) is 11.9. The number of nitrogens with two attached hydrogens (primary N) is 1. The van der Waals surface area contributed by atoms with Crippen molar-refractivity contribution >= 4 is 17.7 Å². The highest BCUT2D eigenvalue weighted by atomic mass is 16.5. The van der Waals surface area contributed by atoms with Crippen molar-refractivity contribution in [1.82, 2.24) is 0 Å². The molecule has 0 aromatic heterocycles. The van der Waals surface area contributed by atoms with E-state index in [0.29, 0.717) is 22.6 Å². The fourth-order valence-corrected chi connectivity index (χ4v) is 2.02. The van der Waals surface area contributed by atoms with Crippen LogP contribution in [-0.2, 0) is 4.79 Å². The largest absolute Gasteiger partial charge is 0.478 e. The van der Waals surface area contributed by atoms with Gasteiger partial charge in [-0.1, -0.05) is 24.3 Å². The third-order valence-corrected chi connectivity index (χ3v) is 3.03. The number of hydrogen-bond acceptors (Lipinski definition) is 3. The van der Waals surface area contributed by atoms with Crippen LogP contribution in [0.1, 0.15) is 17.2 Å². The zero-order valence-corrected chi connectivity index (χ0v) is 11.9. The van der Waals surface area contributed by atoms with Gasteiger partial charge in [-0.2, -0.15) is 0 Å². The van der Waals surface area contributed by atoms with Crippen LogP contribution in [0.3, 0.4) is 0 Å². The van der Waals surface area contributed by atoms with Gasteiger partial charge < -0.3 is 20.9 Å². The van der Waals surface area contributed by atoms with Gasteiger partial charge in [-0.05, 0) is 36.8 Å². The predicted molar refractivity (Wildman–Crippen MR) is 81.8 cm³/mol. The molecule has 2 aromatic carbocycles. The van der Waals surface area contributed by atoms with E-state index in [0.717, 1.165) is 0 Å². The molecule has 0 bridgehead atoms. The highest BCUT2D eigenvalue weighted by molar-refractivity contribution is 5.88. The van der Waals surface area contributed by atoms with E-state index in [4.69, 9.17) is 10.5 Å². The lowest BCUT2D eigenvalue weighted by molar-refractivity contribution is -0.145. The molecule has 4 N–H and O–H groups in total. The standard InChI is InChI=1S/C16H16N2O4/c1-10-9-11(7-8-13(10)18-16(17)21)14(15(19)20)22-12-5-3-2-4-6-12/h2-9,14H,1H3,(H,19,20)(H3,17,18,21). The van der Waals surface area contributed by atoms with Gasteiger partial charge in [0.15, 0.2) is 0 Å². The van der Waals surface area contributed by atoms with Crippen LogP contribution in [-0.4, -0.2) is 17.1 Å². The van der Waals surface area contributed by atoms with Gasteiger partial charge in [-0.15, -0.1) is 0 Å². The van der Waals surface area contributed by atoms with E-state index in [-0.39, 0.29) is 0 Å². The Balaban J connectivity index is 2.27. The molecule has 0 aliphatic carbocycles.